The summed E-state index contributed by atoms with van der Waals surface area (Å²) in [5.41, 5.74) is 0. The third-order valence-electron chi connectivity index (χ3n) is 13.6. The van der Waals surface area contributed by atoms with Gasteiger partial charge in [-0.1, -0.05) is 270 Å². The van der Waals surface area contributed by atoms with Crippen LogP contribution in [0, 0.1) is 0 Å². The largest absolute Gasteiger partial charge is 0.466 e. The molecule has 3 N–H and O–H groups in total. The monoisotopic (exact) mass is 904 g/mol. The van der Waals surface area contributed by atoms with E-state index in [1.165, 1.54) is 244 Å². The van der Waals surface area contributed by atoms with Gasteiger partial charge in [-0.2, -0.15) is 0 Å². The minimum atomic E-state index is -0.661. The Hall–Kier alpha value is -1.40. The van der Waals surface area contributed by atoms with Crippen molar-refractivity contribution in [2.45, 2.75) is 334 Å². The van der Waals surface area contributed by atoms with Gasteiger partial charge < -0.3 is 20.3 Å². The first-order valence-electron chi connectivity index (χ1n) is 28.9. The highest BCUT2D eigenvalue weighted by molar-refractivity contribution is 5.76. The Morgan fingerprint density at radius 2 is 0.734 bits per heavy atom. The van der Waals surface area contributed by atoms with Crippen molar-refractivity contribution < 1.29 is 24.5 Å². The van der Waals surface area contributed by atoms with Crippen LogP contribution in [0.5, 0.6) is 0 Å². The zero-order chi connectivity index (χ0) is 46.5. The summed E-state index contributed by atoms with van der Waals surface area (Å²) >= 11 is 0. The second kappa shape index (κ2) is 54.2. The number of ether oxygens (including phenoxy) is 1. The molecule has 64 heavy (non-hydrogen) atoms. The number of esters is 1. The second-order valence-electron chi connectivity index (χ2n) is 20.0. The van der Waals surface area contributed by atoms with Crippen LogP contribution >= 0.6 is 0 Å². The van der Waals surface area contributed by atoms with Gasteiger partial charge in [-0.25, -0.2) is 0 Å². The lowest BCUT2D eigenvalue weighted by atomic mass is 10.0. The highest BCUT2D eigenvalue weighted by atomic mass is 16.5. The van der Waals surface area contributed by atoms with Crippen molar-refractivity contribution in [3.63, 3.8) is 0 Å². The van der Waals surface area contributed by atoms with Crippen molar-refractivity contribution in [2.75, 3.05) is 13.2 Å². The van der Waals surface area contributed by atoms with E-state index in [9.17, 15) is 19.8 Å². The first-order valence-corrected chi connectivity index (χ1v) is 28.9. The minimum absolute atomic E-state index is 0.00541. The zero-order valence-electron chi connectivity index (χ0n) is 43.3. The summed E-state index contributed by atoms with van der Waals surface area (Å²) in [5.74, 6) is -0.0290. The number of allylic oxidation sites excluding steroid dienone is 2. The van der Waals surface area contributed by atoms with Crippen molar-refractivity contribution in [2.24, 2.45) is 0 Å². The average Bonchev–Trinajstić information content (AvgIpc) is 3.29. The van der Waals surface area contributed by atoms with E-state index in [0.29, 0.717) is 25.9 Å². The molecule has 0 saturated carbocycles. The fourth-order valence-corrected chi connectivity index (χ4v) is 9.11. The first kappa shape index (κ1) is 62.6. The molecule has 6 nitrogen and oxygen atoms in total. The quantitative estimate of drug-likeness (QED) is 0.0321. The Morgan fingerprint density at radius 3 is 1.12 bits per heavy atom. The topological polar surface area (TPSA) is 95.9 Å². The Labute approximate surface area is 399 Å². The molecule has 0 rings (SSSR count). The predicted octanol–water partition coefficient (Wildman–Crippen LogP) is 17.7. The summed E-state index contributed by atoms with van der Waals surface area (Å²) in [6, 6.07) is -0.539. The van der Waals surface area contributed by atoms with E-state index in [0.717, 1.165) is 44.9 Å². The van der Waals surface area contributed by atoms with Crippen LogP contribution in [0.4, 0.5) is 0 Å². The maximum absolute atomic E-state index is 12.4. The Morgan fingerprint density at radius 1 is 0.422 bits per heavy atom. The number of rotatable bonds is 54. The first-order chi connectivity index (χ1) is 31.5. The summed E-state index contributed by atoms with van der Waals surface area (Å²) in [7, 11) is 0. The summed E-state index contributed by atoms with van der Waals surface area (Å²) < 4.78 is 5.47. The van der Waals surface area contributed by atoms with Crippen LogP contribution < -0.4 is 5.32 Å². The normalized spacial score (nSPS) is 12.6. The summed E-state index contributed by atoms with van der Waals surface area (Å²) in [6.07, 6.45) is 63.5. The van der Waals surface area contributed by atoms with Crippen LogP contribution in [-0.2, 0) is 14.3 Å². The molecule has 6 heteroatoms. The average molecular weight is 905 g/mol. The standard InChI is InChI=1S/C58H113NO5/c1-3-5-7-9-11-13-15-27-32-36-40-44-48-52-58(63)64-53-49-45-41-37-33-29-26-24-22-20-18-16-17-19-21-23-25-28-31-35-39-43-47-51-57(62)59-55(54-60)56(61)50-46-42-38-34-30-14-12-10-8-6-4-2/h13,15,55-56,60-61H,3-12,14,16-54H2,1-2H3,(H,59,62)/b15-13-. The van der Waals surface area contributed by atoms with E-state index in [-0.39, 0.29) is 18.5 Å². The fraction of sp³-hybridized carbons (Fsp3) is 0.931. The van der Waals surface area contributed by atoms with E-state index in [2.05, 4.69) is 31.3 Å². The number of aliphatic hydroxyl groups is 2. The van der Waals surface area contributed by atoms with Crippen LogP contribution in [0.15, 0.2) is 12.2 Å². The maximum Gasteiger partial charge on any atom is 0.305 e. The maximum atomic E-state index is 12.4. The van der Waals surface area contributed by atoms with Crippen molar-refractivity contribution in [1.29, 1.82) is 0 Å². The Bertz CT molecular complexity index is 955. The molecule has 0 aromatic heterocycles. The summed E-state index contributed by atoms with van der Waals surface area (Å²) in [6.45, 7) is 4.94. The molecule has 0 heterocycles. The molecule has 0 bridgehead atoms. The smallest absolute Gasteiger partial charge is 0.305 e. The molecule has 0 aliphatic rings. The van der Waals surface area contributed by atoms with Crippen LogP contribution in [0.25, 0.3) is 0 Å². The number of amides is 1. The van der Waals surface area contributed by atoms with E-state index in [1.54, 1.807) is 0 Å². The minimum Gasteiger partial charge on any atom is -0.466 e. The lowest BCUT2D eigenvalue weighted by Crippen LogP contribution is -2.45. The molecule has 0 aliphatic heterocycles. The number of hydrogen-bond donors (Lipinski definition) is 3. The molecule has 2 atom stereocenters. The van der Waals surface area contributed by atoms with Crippen molar-refractivity contribution >= 4 is 11.9 Å². The number of carbonyl (C=O) groups is 2. The molecule has 0 aromatic carbocycles. The SMILES string of the molecule is CCCCCC/C=C\CCCCCCCC(=O)OCCCCCCCCCCCCCCCCCCCCCCCCCC(=O)NC(CO)C(O)CCCCCCCCCCCCC. The molecule has 0 fully saturated rings. The van der Waals surface area contributed by atoms with Gasteiger partial charge in [0, 0.05) is 12.8 Å². The molecule has 380 valence electrons. The van der Waals surface area contributed by atoms with Crippen molar-refractivity contribution in [1.82, 2.24) is 5.32 Å². The zero-order valence-corrected chi connectivity index (χ0v) is 43.3. The van der Waals surface area contributed by atoms with Gasteiger partial charge in [0.2, 0.25) is 5.91 Å². The number of carbonyl (C=O) groups excluding carboxylic acids is 2. The highest BCUT2D eigenvalue weighted by Crippen LogP contribution is 2.18. The van der Waals surface area contributed by atoms with Gasteiger partial charge in [0.15, 0.2) is 0 Å². The van der Waals surface area contributed by atoms with E-state index >= 15 is 0 Å². The van der Waals surface area contributed by atoms with Gasteiger partial charge in [0.05, 0.1) is 25.4 Å². The lowest BCUT2D eigenvalue weighted by molar-refractivity contribution is -0.143. The number of aliphatic hydroxyl groups excluding tert-OH is 2. The van der Waals surface area contributed by atoms with Gasteiger partial charge in [-0.3, -0.25) is 9.59 Å². The van der Waals surface area contributed by atoms with Crippen molar-refractivity contribution in [3.05, 3.63) is 12.2 Å². The molecular formula is C58H113NO5. The molecule has 0 saturated heterocycles. The van der Waals surface area contributed by atoms with E-state index in [1.807, 2.05) is 0 Å². The van der Waals surface area contributed by atoms with Gasteiger partial charge in [-0.05, 0) is 51.4 Å². The highest BCUT2D eigenvalue weighted by Gasteiger charge is 2.20. The predicted molar refractivity (Wildman–Crippen MR) is 278 cm³/mol. The van der Waals surface area contributed by atoms with Crippen LogP contribution in [0.3, 0.4) is 0 Å². The van der Waals surface area contributed by atoms with Crippen LogP contribution in [0.1, 0.15) is 322 Å². The van der Waals surface area contributed by atoms with Gasteiger partial charge in [-0.15, -0.1) is 0 Å². The van der Waals surface area contributed by atoms with Crippen molar-refractivity contribution in [3.8, 4) is 0 Å². The Balaban J connectivity index is 3.35. The number of unbranched alkanes of at least 4 members (excludes halogenated alkanes) is 41. The summed E-state index contributed by atoms with van der Waals surface area (Å²) in [5, 5.41) is 23.2. The molecule has 0 radical (unpaired) electrons. The molecule has 0 aromatic rings. The third-order valence-corrected chi connectivity index (χ3v) is 13.6. The number of hydrogen-bond acceptors (Lipinski definition) is 5. The lowest BCUT2D eigenvalue weighted by Gasteiger charge is -2.22. The van der Waals surface area contributed by atoms with Gasteiger partial charge in [0.1, 0.15) is 0 Å². The second-order valence-corrected chi connectivity index (χ2v) is 20.0. The van der Waals surface area contributed by atoms with Crippen LogP contribution in [0.2, 0.25) is 0 Å². The molecule has 1 amide bonds. The van der Waals surface area contributed by atoms with E-state index < -0.39 is 12.1 Å². The molecule has 2 unspecified atom stereocenters. The molecule has 0 spiro atoms. The molecule has 0 aliphatic carbocycles. The van der Waals surface area contributed by atoms with E-state index in [4.69, 9.17) is 4.74 Å². The van der Waals surface area contributed by atoms with Crippen LogP contribution in [-0.4, -0.2) is 47.4 Å². The number of nitrogens with one attached hydrogen (secondary N) is 1. The van der Waals surface area contributed by atoms with Gasteiger partial charge in [0.25, 0.3) is 0 Å². The Kier molecular flexibility index (Phi) is 53.0. The fourth-order valence-electron chi connectivity index (χ4n) is 9.11. The molecular weight excluding hydrogens is 791 g/mol. The summed E-state index contributed by atoms with van der Waals surface area (Å²) in [4.78, 5) is 24.4. The van der Waals surface area contributed by atoms with Gasteiger partial charge >= 0.3 is 5.97 Å². The third kappa shape index (κ3) is 50.0.